The molecule has 3 N–H and O–H groups in total. The zero-order valence-corrected chi connectivity index (χ0v) is 6.95. The van der Waals surface area contributed by atoms with Gasteiger partial charge in [0.25, 0.3) is 0 Å². The van der Waals surface area contributed by atoms with Crippen LogP contribution in [0.3, 0.4) is 0 Å². The highest BCUT2D eigenvalue weighted by Gasteiger charge is 2.31. The molecular formula is C6H8F3N3O2. The van der Waals surface area contributed by atoms with Crippen molar-refractivity contribution < 1.29 is 22.8 Å². The van der Waals surface area contributed by atoms with Crippen LogP contribution in [-0.4, -0.2) is 28.0 Å². The fourth-order valence-corrected chi connectivity index (χ4v) is 0.747. The fourth-order valence-electron chi connectivity index (χ4n) is 0.747. The summed E-state index contributed by atoms with van der Waals surface area (Å²) in [6.07, 6.45) is -5.65. The predicted octanol–water partition coefficient (Wildman–Crippen LogP) is 0.167. The van der Waals surface area contributed by atoms with Crippen molar-refractivity contribution in [3.05, 3.63) is 11.7 Å². The second-order valence-electron chi connectivity index (χ2n) is 2.63. The Morgan fingerprint density at radius 1 is 1.50 bits per heavy atom. The number of aliphatic hydroxyl groups excluding tert-OH is 1. The highest BCUT2D eigenvalue weighted by molar-refractivity contribution is 4.92. The third kappa shape index (κ3) is 2.96. The van der Waals surface area contributed by atoms with E-state index in [1.54, 1.807) is 0 Å². The lowest BCUT2D eigenvalue weighted by Crippen LogP contribution is -2.16. The Kier molecular flexibility index (Phi) is 3.06. The highest BCUT2D eigenvalue weighted by Crippen LogP contribution is 2.20. The van der Waals surface area contributed by atoms with Crippen LogP contribution in [0.25, 0.3) is 0 Å². The SMILES string of the molecule is N[C@H](CO)c1nc(CC(F)(F)F)no1. The van der Waals surface area contributed by atoms with Gasteiger partial charge in [-0.05, 0) is 0 Å². The summed E-state index contributed by atoms with van der Waals surface area (Å²) >= 11 is 0. The summed E-state index contributed by atoms with van der Waals surface area (Å²) in [6, 6.07) is -0.940. The number of hydrogen-bond acceptors (Lipinski definition) is 5. The standard InChI is InChI=1S/C6H8F3N3O2/c7-6(8,9)1-4-11-5(14-12-4)3(10)2-13/h3,13H,1-2,10H2/t3-/m1/s1. The average molecular weight is 211 g/mol. The second kappa shape index (κ2) is 3.93. The lowest BCUT2D eigenvalue weighted by Gasteiger charge is -2.00. The molecule has 0 amide bonds. The van der Waals surface area contributed by atoms with E-state index in [1.807, 2.05) is 0 Å². The quantitative estimate of drug-likeness (QED) is 0.744. The molecule has 0 radical (unpaired) electrons. The minimum atomic E-state index is -4.38. The monoisotopic (exact) mass is 211 g/mol. The van der Waals surface area contributed by atoms with Gasteiger partial charge in [0.15, 0.2) is 5.82 Å². The van der Waals surface area contributed by atoms with Crippen LogP contribution < -0.4 is 5.73 Å². The molecule has 5 nitrogen and oxygen atoms in total. The van der Waals surface area contributed by atoms with Crippen LogP contribution in [0.1, 0.15) is 17.8 Å². The second-order valence-corrected chi connectivity index (χ2v) is 2.63. The third-order valence-electron chi connectivity index (χ3n) is 1.36. The Balaban J connectivity index is 2.69. The van der Waals surface area contributed by atoms with E-state index in [0.29, 0.717) is 0 Å². The Bertz CT molecular complexity index is 299. The summed E-state index contributed by atoms with van der Waals surface area (Å²) in [6.45, 7) is -0.465. The molecule has 0 aromatic carbocycles. The molecule has 0 bridgehead atoms. The Hall–Kier alpha value is -1.15. The molecule has 1 aromatic heterocycles. The Morgan fingerprint density at radius 2 is 2.14 bits per heavy atom. The van der Waals surface area contributed by atoms with Crippen LogP contribution in [0, 0.1) is 0 Å². The number of halogens is 3. The minimum Gasteiger partial charge on any atom is -0.394 e. The van der Waals surface area contributed by atoms with E-state index < -0.39 is 31.1 Å². The molecule has 1 heterocycles. The van der Waals surface area contributed by atoms with Crippen LogP contribution in [0.4, 0.5) is 13.2 Å². The van der Waals surface area contributed by atoms with Gasteiger partial charge in [-0.1, -0.05) is 5.16 Å². The average Bonchev–Trinajstić information content (AvgIpc) is 2.48. The summed E-state index contributed by atoms with van der Waals surface area (Å²) in [5.74, 6) is -0.692. The molecule has 1 rings (SSSR count). The molecule has 0 fully saturated rings. The number of aromatic nitrogens is 2. The summed E-state index contributed by atoms with van der Waals surface area (Å²) in [5.41, 5.74) is 5.24. The molecule has 8 heteroatoms. The van der Waals surface area contributed by atoms with Crippen molar-refractivity contribution in [1.29, 1.82) is 0 Å². The van der Waals surface area contributed by atoms with Gasteiger partial charge in [0.2, 0.25) is 5.89 Å². The number of rotatable bonds is 3. The van der Waals surface area contributed by atoms with Gasteiger partial charge >= 0.3 is 6.18 Å². The van der Waals surface area contributed by atoms with Gasteiger partial charge in [-0.3, -0.25) is 0 Å². The van der Waals surface area contributed by atoms with Gasteiger partial charge in [-0.2, -0.15) is 18.2 Å². The van der Waals surface area contributed by atoms with Crippen molar-refractivity contribution in [3.63, 3.8) is 0 Å². The topological polar surface area (TPSA) is 85.2 Å². The summed E-state index contributed by atoms with van der Waals surface area (Å²) in [7, 11) is 0. The highest BCUT2D eigenvalue weighted by atomic mass is 19.4. The first kappa shape index (κ1) is 10.9. The van der Waals surface area contributed by atoms with E-state index in [9.17, 15) is 13.2 Å². The summed E-state index contributed by atoms with van der Waals surface area (Å²) in [5, 5.41) is 11.6. The molecule has 0 saturated heterocycles. The minimum absolute atomic E-state index is 0.202. The Labute approximate surface area is 76.7 Å². The van der Waals surface area contributed by atoms with Crippen molar-refractivity contribution in [1.82, 2.24) is 10.1 Å². The number of nitrogens with two attached hydrogens (primary N) is 1. The van der Waals surface area contributed by atoms with Gasteiger partial charge in [0, 0.05) is 0 Å². The van der Waals surface area contributed by atoms with Crippen molar-refractivity contribution >= 4 is 0 Å². The van der Waals surface area contributed by atoms with Crippen molar-refractivity contribution in [2.24, 2.45) is 5.73 Å². The van der Waals surface area contributed by atoms with Crippen LogP contribution in [0.5, 0.6) is 0 Å². The largest absolute Gasteiger partial charge is 0.396 e. The molecule has 0 aliphatic carbocycles. The molecule has 0 saturated carbocycles. The van der Waals surface area contributed by atoms with E-state index in [4.69, 9.17) is 10.8 Å². The van der Waals surface area contributed by atoms with E-state index in [1.165, 1.54) is 0 Å². The van der Waals surface area contributed by atoms with Gasteiger partial charge < -0.3 is 15.4 Å². The van der Waals surface area contributed by atoms with Crippen molar-refractivity contribution in [2.75, 3.05) is 6.61 Å². The van der Waals surface area contributed by atoms with Crippen molar-refractivity contribution in [3.8, 4) is 0 Å². The lowest BCUT2D eigenvalue weighted by atomic mass is 10.3. The normalized spacial score (nSPS) is 14.4. The van der Waals surface area contributed by atoms with Crippen LogP contribution in [0.2, 0.25) is 0 Å². The molecule has 0 unspecified atom stereocenters. The van der Waals surface area contributed by atoms with Gasteiger partial charge in [-0.15, -0.1) is 0 Å². The molecular weight excluding hydrogens is 203 g/mol. The summed E-state index contributed by atoms with van der Waals surface area (Å²) < 4.78 is 39.9. The molecule has 0 aliphatic heterocycles. The molecule has 0 aliphatic rings. The van der Waals surface area contributed by atoms with E-state index in [-0.39, 0.29) is 5.89 Å². The zero-order valence-electron chi connectivity index (χ0n) is 6.95. The van der Waals surface area contributed by atoms with Crippen LogP contribution in [0.15, 0.2) is 4.52 Å². The smallest absolute Gasteiger partial charge is 0.394 e. The van der Waals surface area contributed by atoms with Crippen molar-refractivity contribution in [2.45, 2.75) is 18.6 Å². The fraction of sp³-hybridized carbons (Fsp3) is 0.667. The number of nitrogens with zero attached hydrogens (tertiary/aromatic N) is 2. The first-order valence-corrected chi connectivity index (χ1v) is 3.68. The molecule has 14 heavy (non-hydrogen) atoms. The van der Waals surface area contributed by atoms with Crippen LogP contribution >= 0.6 is 0 Å². The lowest BCUT2D eigenvalue weighted by molar-refractivity contribution is -0.128. The molecule has 1 atom stereocenters. The summed E-state index contributed by atoms with van der Waals surface area (Å²) in [4.78, 5) is 3.38. The van der Waals surface area contributed by atoms with Crippen LogP contribution in [-0.2, 0) is 6.42 Å². The Morgan fingerprint density at radius 3 is 2.64 bits per heavy atom. The number of alkyl halides is 3. The van der Waals surface area contributed by atoms with Gasteiger partial charge in [-0.25, -0.2) is 0 Å². The first-order chi connectivity index (χ1) is 6.42. The first-order valence-electron chi connectivity index (χ1n) is 3.68. The van der Waals surface area contributed by atoms with Gasteiger partial charge in [0.1, 0.15) is 12.5 Å². The number of hydrogen-bond donors (Lipinski definition) is 2. The molecule has 1 aromatic rings. The zero-order chi connectivity index (χ0) is 10.8. The maximum atomic E-state index is 11.8. The van der Waals surface area contributed by atoms with E-state index in [2.05, 4.69) is 14.7 Å². The number of aliphatic hydroxyl groups is 1. The maximum Gasteiger partial charge on any atom is 0.396 e. The molecule has 80 valence electrons. The van der Waals surface area contributed by atoms with Gasteiger partial charge in [0.05, 0.1) is 6.61 Å². The van der Waals surface area contributed by atoms with E-state index in [0.717, 1.165) is 0 Å². The third-order valence-corrected chi connectivity index (χ3v) is 1.36. The predicted molar refractivity (Wildman–Crippen MR) is 38.1 cm³/mol. The van der Waals surface area contributed by atoms with E-state index >= 15 is 0 Å². The maximum absolute atomic E-state index is 11.8. The molecule has 0 spiro atoms.